The highest BCUT2D eigenvalue weighted by Crippen LogP contribution is 2.29. The van der Waals surface area contributed by atoms with Crippen LogP contribution in [0.25, 0.3) is 0 Å². The molecule has 1 N–H and O–H groups in total. The van der Waals surface area contributed by atoms with Gasteiger partial charge in [0.05, 0.1) is 5.56 Å². The molecule has 2 aromatic rings. The minimum atomic E-state index is -4.32. The molecule has 0 atom stereocenters. The van der Waals surface area contributed by atoms with Gasteiger partial charge in [-0.15, -0.1) is 0 Å². The summed E-state index contributed by atoms with van der Waals surface area (Å²) in [6.45, 7) is 2.26. The van der Waals surface area contributed by atoms with E-state index in [1.165, 1.54) is 12.1 Å². The van der Waals surface area contributed by atoms with Crippen molar-refractivity contribution in [3.8, 4) is 0 Å². The van der Waals surface area contributed by atoms with E-state index >= 15 is 0 Å². The molecular formula is C14H13ClF3N3. The second-order valence-corrected chi connectivity index (χ2v) is 4.78. The number of benzene rings is 1. The predicted octanol–water partition coefficient (Wildman–Crippen LogP) is 4.32. The average molecular weight is 316 g/mol. The molecule has 0 spiro atoms. The maximum Gasteiger partial charge on any atom is 0.416 e. The summed E-state index contributed by atoms with van der Waals surface area (Å²) >= 11 is 5.87. The van der Waals surface area contributed by atoms with E-state index in [0.717, 1.165) is 17.7 Å². The Morgan fingerprint density at radius 1 is 1.14 bits per heavy atom. The van der Waals surface area contributed by atoms with Crippen LogP contribution >= 0.6 is 11.6 Å². The Bertz CT molecular complexity index is 612. The molecule has 112 valence electrons. The third-order valence-electron chi connectivity index (χ3n) is 2.81. The minimum absolute atomic E-state index is 0.330. The molecule has 0 amide bonds. The third kappa shape index (κ3) is 4.32. The Labute approximate surface area is 125 Å². The van der Waals surface area contributed by atoms with Crippen molar-refractivity contribution in [2.75, 3.05) is 5.32 Å². The lowest BCUT2D eigenvalue weighted by molar-refractivity contribution is -0.137. The van der Waals surface area contributed by atoms with E-state index in [0.29, 0.717) is 29.8 Å². The summed E-state index contributed by atoms with van der Waals surface area (Å²) in [4.78, 5) is 8.27. The lowest BCUT2D eigenvalue weighted by atomic mass is 10.1. The van der Waals surface area contributed by atoms with Gasteiger partial charge in [0, 0.05) is 19.0 Å². The van der Waals surface area contributed by atoms with Crippen LogP contribution in [0.3, 0.4) is 0 Å². The number of hydrogen-bond acceptors (Lipinski definition) is 3. The maximum absolute atomic E-state index is 12.5. The Morgan fingerprint density at radius 2 is 1.81 bits per heavy atom. The van der Waals surface area contributed by atoms with Crippen LogP contribution in [0.2, 0.25) is 5.15 Å². The number of halogens is 4. The van der Waals surface area contributed by atoms with Gasteiger partial charge >= 0.3 is 6.18 Å². The van der Waals surface area contributed by atoms with Crippen molar-refractivity contribution in [1.82, 2.24) is 9.97 Å². The van der Waals surface area contributed by atoms with Gasteiger partial charge in [-0.25, -0.2) is 9.97 Å². The van der Waals surface area contributed by atoms with Crippen LogP contribution in [0, 0.1) is 0 Å². The van der Waals surface area contributed by atoms with Gasteiger partial charge in [0.2, 0.25) is 0 Å². The van der Waals surface area contributed by atoms with Crippen molar-refractivity contribution in [2.45, 2.75) is 26.1 Å². The van der Waals surface area contributed by atoms with Crippen LogP contribution in [0.5, 0.6) is 0 Å². The topological polar surface area (TPSA) is 37.8 Å². The smallest absolute Gasteiger partial charge is 0.366 e. The summed E-state index contributed by atoms with van der Waals surface area (Å²) in [6, 6.07) is 6.55. The summed E-state index contributed by atoms with van der Waals surface area (Å²) < 4.78 is 37.4. The van der Waals surface area contributed by atoms with Gasteiger partial charge in [-0.1, -0.05) is 30.7 Å². The van der Waals surface area contributed by atoms with Crippen LogP contribution in [0.15, 0.2) is 30.3 Å². The molecule has 0 aliphatic heterocycles. The number of aromatic nitrogens is 2. The Balaban J connectivity index is 2.05. The number of hydrogen-bond donors (Lipinski definition) is 1. The van der Waals surface area contributed by atoms with Gasteiger partial charge in [-0.2, -0.15) is 13.2 Å². The molecule has 21 heavy (non-hydrogen) atoms. The number of rotatable bonds is 4. The predicted molar refractivity (Wildman–Crippen MR) is 75.2 cm³/mol. The first-order valence-electron chi connectivity index (χ1n) is 6.32. The number of alkyl halides is 3. The summed E-state index contributed by atoms with van der Waals surface area (Å²) in [5.74, 6) is 1.16. The molecule has 0 radical (unpaired) electrons. The summed E-state index contributed by atoms with van der Waals surface area (Å²) in [5, 5.41) is 3.35. The van der Waals surface area contributed by atoms with E-state index in [9.17, 15) is 13.2 Å². The number of anilines is 1. The molecule has 1 aromatic heterocycles. The first-order valence-corrected chi connectivity index (χ1v) is 6.69. The fourth-order valence-electron chi connectivity index (χ4n) is 1.72. The lowest BCUT2D eigenvalue weighted by Crippen LogP contribution is -2.06. The first kappa shape index (κ1) is 15.6. The molecule has 0 saturated heterocycles. The molecule has 2 rings (SSSR count). The molecular weight excluding hydrogens is 303 g/mol. The van der Waals surface area contributed by atoms with Crippen LogP contribution in [0.1, 0.15) is 23.9 Å². The fraction of sp³-hybridized carbons (Fsp3) is 0.286. The first-order chi connectivity index (χ1) is 9.88. The fourth-order valence-corrected chi connectivity index (χ4v) is 1.92. The zero-order valence-corrected chi connectivity index (χ0v) is 12.0. The molecule has 1 aromatic carbocycles. The number of nitrogens with zero attached hydrogens (tertiary/aromatic N) is 2. The monoisotopic (exact) mass is 315 g/mol. The molecule has 7 heteroatoms. The highest BCUT2D eigenvalue weighted by molar-refractivity contribution is 6.29. The number of aryl methyl sites for hydroxylation is 1. The van der Waals surface area contributed by atoms with Crippen LogP contribution in [0.4, 0.5) is 19.0 Å². The Morgan fingerprint density at radius 3 is 2.38 bits per heavy atom. The summed E-state index contributed by atoms with van der Waals surface area (Å²) in [6.07, 6.45) is -3.67. The van der Waals surface area contributed by atoms with Gasteiger partial charge in [-0.3, -0.25) is 0 Å². The zero-order chi connectivity index (χ0) is 15.5. The van der Waals surface area contributed by atoms with Crippen molar-refractivity contribution in [1.29, 1.82) is 0 Å². The van der Waals surface area contributed by atoms with E-state index in [1.54, 1.807) is 6.07 Å². The van der Waals surface area contributed by atoms with Crippen molar-refractivity contribution in [3.63, 3.8) is 0 Å². The molecule has 0 aliphatic carbocycles. The van der Waals surface area contributed by atoms with Gasteiger partial charge in [-0.05, 0) is 17.7 Å². The molecule has 0 saturated carbocycles. The van der Waals surface area contributed by atoms with Gasteiger partial charge in [0.1, 0.15) is 16.8 Å². The van der Waals surface area contributed by atoms with Gasteiger partial charge < -0.3 is 5.32 Å². The van der Waals surface area contributed by atoms with E-state index < -0.39 is 11.7 Å². The van der Waals surface area contributed by atoms with Crippen LogP contribution in [-0.4, -0.2) is 9.97 Å². The molecule has 0 unspecified atom stereocenters. The highest BCUT2D eigenvalue weighted by Gasteiger charge is 2.29. The van der Waals surface area contributed by atoms with Crippen molar-refractivity contribution < 1.29 is 13.2 Å². The average Bonchev–Trinajstić information content (AvgIpc) is 2.44. The zero-order valence-electron chi connectivity index (χ0n) is 11.2. The van der Waals surface area contributed by atoms with E-state index in [2.05, 4.69) is 15.3 Å². The van der Waals surface area contributed by atoms with Crippen molar-refractivity contribution >= 4 is 17.4 Å². The molecule has 3 nitrogen and oxygen atoms in total. The SMILES string of the molecule is CCc1nc(Cl)cc(NCc2ccc(C(F)(F)F)cc2)n1. The van der Waals surface area contributed by atoms with E-state index in [4.69, 9.17) is 11.6 Å². The second-order valence-electron chi connectivity index (χ2n) is 4.39. The minimum Gasteiger partial charge on any atom is -0.366 e. The van der Waals surface area contributed by atoms with Crippen LogP contribution < -0.4 is 5.32 Å². The maximum atomic E-state index is 12.5. The van der Waals surface area contributed by atoms with E-state index in [1.807, 2.05) is 6.92 Å². The van der Waals surface area contributed by atoms with Crippen molar-refractivity contribution in [2.24, 2.45) is 0 Å². The standard InChI is InChI=1S/C14H13ClF3N3/c1-2-12-20-11(15)7-13(21-12)19-8-9-3-5-10(6-4-9)14(16,17)18/h3-7H,2,8H2,1H3,(H,19,20,21). The van der Waals surface area contributed by atoms with E-state index in [-0.39, 0.29) is 0 Å². The second kappa shape index (κ2) is 6.30. The Hall–Kier alpha value is -1.82. The van der Waals surface area contributed by atoms with Gasteiger partial charge in [0.15, 0.2) is 0 Å². The molecule has 0 fully saturated rings. The largest absolute Gasteiger partial charge is 0.416 e. The molecule has 0 aliphatic rings. The lowest BCUT2D eigenvalue weighted by Gasteiger charge is -2.09. The Kier molecular flexibility index (Phi) is 4.67. The van der Waals surface area contributed by atoms with Crippen LogP contribution in [-0.2, 0) is 19.1 Å². The van der Waals surface area contributed by atoms with Gasteiger partial charge in [0.25, 0.3) is 0 Å². The summed E-state index contributed by atoms with van der Waals surface area (Å²) in [7, 11) is 0. The summed E-state index contributed by atoms with van der Waals surface area (Å²) in [5.41, 5.74) is 0.0559. The highest BCUT2D eigenvalue weighted by atomic mass is 35.5. The third-order valence-corrected chi connectivity index (χ3v) is 3.01. The molecule has 0 bridgehead atoms. The van der Waals surface area contributed by atoms with Crippen molar-refractivity contribution in [3.05, 3.63) is 52.4 Å². The number of nitrogens with one attached hydrogen (secondary N) is 1. The normalized spacial score (nSPS) is 11.5. The molecule has 1 heterocycles. The quantitative estimate of drug-likeness (QED) is 0.854.